The van der Waals surface area contributed by atoms with Gasteiger partial charge in [0.1, 0.15) is 4.70 Å². The maximum atomic E-state index is 12.9. The lowest BCUT2D eigenvalue weighted by Crippen LogP contribution is -2.40. The molecule has 0 saturated heterocycles. The molecule has 0 fully saturated rings. The summed E-state index contributed by atoms with van der Waals surface area (Å²) in [4.78, 5) is 25.4. The first-order valence-corrected chi connectivity index (χ1v) is 8.82. The van der Waals surface area contributed by atoms with E-state index in [1.54, 1.807) is 23.8 Å². The number of hydrogen-bond donors (Lipinski definition) is 0. The van der Waals surface area contributed by atoms with Gasteiger partial charge < -0.3 is 4.74 Å². The lowest BCUT2D eigenvalue weighted by molar-refractivity contribution is 0.189. The zero-order valence-corrected chi connectivity index (χ0v) is 14.8. The van der Waals surface area contributed by atoms with Crippen LogP contribution in [0.1, 0.15) is 12.0 Å². The Labute approximate surface area is 147 Å². The van der Waals surface area contributed by atoms with Crippen molar-refractivity contribution >= 4 is 33.2 Å². The average Bonchev–Trinajstić information content (AvgIpc) is 3.06. The summed E-state index contributed by atoms with van der Waals surface area (Å²) < 4.78 is 8.50. The molecule has 1 aromatic carbocycles. The fourth-order valence-corrected chi connectivity index (χ4v) is 3.69. The summed E-state index contributed by atoms with van der Waals surface area (Å²) >= 11 is 7.57. The Hall–Kier alpha value is -1.89. The fourth-order valence-electron chi connectivity index (χ4n) is 2.65. The lowest BCUT2D eigenvalue weighted by atomic mass is 10.2. The minimum absolute atomic E-state index is 0.239. The molecule has 0 unspecified atom stereocenters. The van der Waals surface area contributed by atoms with E-state index in [-0.39, 0.29) is 11.2 Å². The van der Waals surface area contributed by atoms with Gasteiger partial charge in [0.25, 0.3) is 5.56 Å². The first-order chi connectivity index (χ1) is 11.6. The van der Waals surface area contributed by atoms with Gasteiger partial charge in [0, 0.05) is 25.3 Å². The van der Waals surface area contributed by atoms with Gasteiger partial charge in [-0.3, -0.25) is 13.9 Å². The smallest absolute Gasteiger partial charge is 0.331 e. The molecule has 0 saturated carbocycles. The van der Waals surface area contributed by atoms with Gasteiger partial charge in [-0.1, -0.05) is 29.8 Å². The van der Waals surface area contributed by atoms with E-state index in [2.05, 4.69) is 0 Å². The molecule has 0 spiro atoms. The summed E-state index contributed by atoms with van der Waals surface area (Å²) in [5, 5.41) is 2.43. The second kappa shape index (κ2) is 7.34. The molecule has 3 aromatic rings. The number of ether oxygens (including phenoxy) is 1. The molecule has 126 valence electrons. The van der Waals surface area contributed by atoms with Crippen molar-refractivity contribution in [2.45, 2.75) is 19.5 Å². The molecule has 2 heterocycles. The van der Waals surface area contributed by atoms with Gasteiger partial charge in [-0.2, -0.15) is 0 Å². The minimum atomic E-state index is -0.318. The molecular formula is C17H17ClN2O3S. The van der Waals surface area contributed by atoms with Crippen LogP contribution in [-0.2, 0) is 17.8 Å². The second-order valence-corrected chi connectivity index (χ2v) is 6.72. The Kier molecular flexibility index (Phi) is 5.18. The van der Waals surface area contributed by atoms with Crippen molar-refractivity contribution in [3.05, 3.63) is 67.1 Å². The molecule has 24 heavy (non-hydrogen) atoms. The number of fused-ring (bicyclic) bond motifs is 1. The zero-order valence-electron chi connectivity index (χ0n) is 13.2. The number of benzene rings is 1. The fraction of sp³-hybridized carbons (Fsp3) is 0.294. The lowest BCUT2D eigenvalue weighted by Gasteiger charge is -2.13. The van der Waals surface area contributed by atoms with Crippen molar-refractivity contribution in [2.24, 2.45) is 0 Å². The third-order valence-electron chi connectivity index (χ3n) is 3.85. The quantitative estimate of drug-likeness (QED) is 0.632. The molecule has 3 rings (SSSR count). The van der Waals surface area contributed by atoms with Crippen molar-refractivity contribution in [1.82, 2.24) is 9.13 Å². The number of rotatable bonds is 6. The van der Waals surface area contributed by atoms with Crippen LogP contribution in [0.2, 0.25) is 5.02 Å². The zero-order chi connectivity index (χ0) is 17.1. The third-order valence-corrected chi connectivity index (χ3v) is 5.11. The highest BCUT2D eigenvalue weighted by Crippen LogP contribution is 2.19. The second-order valence-electron chi connectivity index (χ2n) is 5.40. The van der Waals surface area contributed by atoms with Gasteiger partial charge in [0.05, 0.1) is 12.1 Å². The van der Waals surface area contributed by atoms with Crippen molar-refractivity contribution < 1.29 is 4.74 Å². The van der Waals surface area contributed by atoms with E-state index in [0.717, 1.165) is 5.56 Å². The summed E-state index contributed by atoms with van der Waals surface area (Å²) in [6, 6.07) is 9.21. The van der Waals surface area contributed by atoms with E-state index in [4.69, 9.17) is 16.3 Å². The van der Waals surface area contributed by atoms with Crippen LogP contribution in [0, 0.1) is 0 Å². The summed E-state index contributed by atoms with van der Waals surface area (Å²) in [6.45, 7) is 1.16. The summed E-state index contributed by atoms with van der Waals surface area (Å²) in [6.07, 6.45) is 0.606. The van der Waals surface area contributed by atoms with Crippen LogP contribution < -0.4 is 11.2 Å². The van der Waals surface area contributed by atoms with Crippen LogP contribution in [-0.4, -0.2) is 22.9 Å². The molecule has 0 aliphatic carbocycles. The molecule has 2 aromatic heterocycles. The van der Waals surface area contributed by atoms with E-state index in [0.29, 0.717) is 41.4 Å². The van der Waals surface area contributed by atoms with Crippen LogP contribution in [0.4, 0.5) is 0 Å². The van der Waals surface area contributed by atoms with Crippen molar-refractivity contribution in [3.63, 3.8) is 0 Å². The van der Waals surface area contributed by atoms with Crippen LogP contribution in [0.5, 0.6) is 0 Å². The highest BCUT2D eigenvalue weighted by molar-refractivity contribution is 7.17. The van der Waals surface area contributed by atoms with Crippen LogP contribution in [0.3, 0.4) is 0 Å². The van der Waals surface area contributed by atoms with Crippen LogP contribution >= 0.6 is 22.9 Å². The standard InChI is InChI=1S/C17H17ClN2O3S/c1-23-9-4-8-19-16(21)15-14(7-10-24-15)20(17(19)22)11-12-5-2-3-6-13(12)18/h2-3,5-7,10H,4,8-9,11H2,1H3. The highest BCUT2D eigenvalue weighted by Gasteiger charge is 2.15. The van der Waals surface area contributed by atoms with Gasteiger partial charge in [0.2, 0.25) is 0 Å². The monoisotopic (exact) mass is 364 g/mol. The van der Waals surface area contributed by atoms with Gasteiger partial charge >= 0.3 is 5.69 Å². The Morgan fingerprint density at radius 1 is 1.17 bits per heavy atom. The molecule has 0 amide bonds. The van der Waals surface area contributed by atoms with Crippen molar-refractivity contribution in [1.29, 1.82) is 0 Å². The number of thiophene rings is 1. The van der Waals surface area contributed by atoms with Gasteiger partial charge in [-0.15, -0.1) is 11.3 Å². The van der Waals surface area contributed by atoms with Crippen LogP contribution in [0.15, 0.2) is 45.3 Å². The minimum Gasteiger partial charge on any atom is -0.385 e. The molecule has 0 radical (unpaired) electrons. The topological polar surface area (TPSA) is 53.2 Å². The molecule has 0 aliphatic rings. The van der Waals surface area contributed by atoms with E-state index in [9.17, 15) is 9.59 Å². The Balaban J connectivity index is 2.13. The van der Waals surface area contributed by atoms with Gasteiger partial charge in [0.15, 0.2) is 0 Å². The normalized spacial score (nSPS) is 11.2. The molecule has 0 bridgehead atoms. The van der Waals surface area contributed by atoms with Gasteiger partial charge in [-0.25, -0.2) is 4.79 Å². The molecule has 0 atom stereocenters. The molecule has 5 nitrogen and oxygen atoms in total. The maximum absolute atomic E-state index is 12.9. The molecule has 0 aliphatic heterocycles. The maximum Gasteiger partial charge on any atom is 0.331 e. The van der Waals surface area contributed by atoms with Crippen LogP contribution in [0.25, 0.3) is 10.2 Å². The first kappa shape index (κ1) is 17.0. The summed E-state index contributed by atoms with van der Waals surface area (Å²) in [5.74, 6) is 0. The van der Waals surface area contributed by atoms with E-state index >= 15 is 0 Å². The van der Waals surface area contributed by atoms with Crippen molar-refractivity contribution in [3.8, 4) is 0 Å². The first-order valence-electron chi connectivity index (χ1n) is 7.56. The van der Waals surface area contributed by atoms with Crippen molar-refractivity contribution in [2.75, 3.05) is 13.7 Å². The largest absolute Gasteiger partial charge is 0.385 e. The highest BCUT2D eigenvalue weighted by atomic mass is 35.5. The number of halogens is 1. The van der Waals surface area contributed by atoms with E-state index in [1.165, 1.54) is 15.9 Å². The Morgan fingerprint density at radius 3 is 2.71 bits per heavy atom. The third kappa shape index (κ3) is 3.17. The molecular weight excluding hydrogens is 348 g/mol. The predicted molar refractivity (Wildman–Crippen MR) is 97.4 cm³/mol. The number of methoxy groups -OCH3 is 1. The number of nitrogens with zero attached hydrogens (tertiary/aromatic N) is 2. The Morgan fingerprint density at radius 2 is 1.96 bits per heavy atom. The number of hydrogen-bond acceptors (Lipinski definition) is 4. The van der Waals surface area contributed by atoms with E-state index < -0.39 is 0 Å². The van der Waals surface area contributed by atoms with Gasteiger partial charge in [-0.05, 0) is 29.5 Å². The predicted octanol–water partition coefficient (Wildman–Crippen LogP) is 2.96. The summed E-state index contributed by atoms with van der Waals surface area (Å²) in [7, 11) is 1.60. The Bertz CT molecular complexity index is 974. The molecule has 7 heteroatoms. The SMILES string of the molecule is COCCCn1c(=O)c2sccc2n(Cc2ccccc2Cl)c1=O. The van der Waals surface area contributed by atoms with E-state index in [1.807, 2.05) is 23.6 Å². The molecule has 0 N–H and O–H groups in total. The summed E-state index contributed by atoms with van der Waals surface area (Å²) in [5.41, 5.74) is 0.937. The average molecular weight is 365 g/mol. The number of aromatic nitrogens is 2.